The highest BCUT2D eigenvalue weighted by Crippen LogP contribution is 2.52. The monoisotopic (exact) mass is 874 g/mol. The maximum absolute atomic E-state index is 16.2. The van der Waals surface area contributed by atoms with Gasteiger partial charge < -0.3 is 19.7 Å². The second kappa shape index (κ2) is 33.1. The lowest BCUT2D eigenvalue weighted by atomic mass is 10.1. The van der Waals surface area contributed by atoms with Crippen LogP contribution in [0.3, 0.4) is 0 Å². The molecule has 0 aromatic carbocycles. The van der Waals surface area contributed by atoms with Gasteiger partial charge in [0, 0.05) is 12.6 Å². The van der Waals surface area contributed by atoms with Gasteiger partial charge in [0.1, 0.15) is 12.1 Å². The number of nitrogens with zero attached hydrogens (tertiary/aromatic N) is 2. The molecule has 0 radical (unpaired) electrons. The first-order valence-corrected chi connectivity index (χ1v) is 25.4. The van der Waals surface area contributed by atoms with Gasteiger partial charge in [-0.1, -0.05) is 194 Å². The molecule has 0 bridgehead atoms. The lowest BCUT2D eigenvalue weighted by Gasteiger charge is -2.22. The first-order chi connectivity index (χ1) is 29.1. The van der Waals surface area contributed by atoms with Gasteiger partial charge in [-0.05, 0) is 25.3 Å². The number of ether oxygens (including phenoxy) is 2. The van der Waals surface area contributed by atoms with Crippen LogP contribution in [0.4, 0.5) is 14.6 Å². The Hall–Kier alpha value is -2.50. The lowest BCUT2D eigenvalue weighted by Crippen LogP contribution is -2.42. The number of aromatic nitrogens is 2. The summed E-state index contributed by atoms with van der Waals surface area (Å²) >= 11 is 0. The van der Waals surface area contributed by atoms with E-state index in [1.807, 2.05) is 0 Å². The quantitative estimate of drug-likeness (QED) is 0.0294. The number of carbonyl (C=O) groups is 1. The van der Waals surface area contributed by atoms with Gasteiger partial charge in [-0.2, -0.15) is 13.8 Å². The largest absolute Gasteiger partial charge is 0.529 e. The second-order valence-electron chi connectivity index (χ2n) is 16.6. The summed E-state index contributed by atoms with van der Waals surface area (Å²) in [5.41, 5.74) is 4.53. The van der Waals surface area contributed by atoms with E-state index in [2.05, 4.69) is 25.8 Å². The average Bonchev–Trinajstić information content (AvgIpc) is 3.46. The van der Waals surface area contributed by atoms with Crippen molar-refractivity contribution in [2.75, 3.05) is 18.9 Å². The van der Waals surface area contributed by atoms with Gasteiger partial charge in [0.2, 0.25) is 12.3 Å². The molecule has 1 saturated heterocycles. The summed E-state index contributed by atoms with van der Waals surface area (Å²) in [5.74, 6) is -5.58. The number of esters is 1. The summed E-state index contributed by atoms with van der Waals surface area (Å²) in [5, 5.41) is 0. The summed E-state index contributed by atoms with van der Waals surface area (Å²) < 4.78 is 74.9. The third-order valence-electron chi connectivity index (χ3n) is 11.1. The van der Waals surface area contributed by atoms with Crippen molar-refractivity contribution in [1.82, 2.24) is 9.55 Å². The Morgan fingerprint density at radius 3 is 1.53 bits per heavy atom. The number of carbonyl (C=O) groups excluding carboxylic acids is 1. The van der Waals surface area contributed by atoms with Crippen molar-refractivity contribution in [3.8, 4) is 0 Å². The molecular weight excluding hydrogens is 791 g/mol. The van der Waals surface area contributed by atoms with Gasteiger partial charge >= 0.3 is 25.4 Å². The Kier molecular flexibility index (Phi) is 29.6. The standard InChI is InChI=1S/C46H82F2N3O8P/c1-4-7-10-13-16-19-22-25-28-31-34-42(52)59-43-40(58-44(46(43,47)48)51-36-35-41(49)50-45(51)53)39-57-60(54,55-37-32-29-26-23-20-17-14-11-8-5-2)56-38-33-30-27-24-21-18-15-12-9-6-3/h35-36,39,43-44H,4-34,37-38H2,1-3H3,(H2,49,50,53)/b40-39+/t43-,44?/m1/s1. The van der Waals surface area contributed by atoms with Gasteiger partial charge in [0.15, 0.2) is 5.76 Å². The van der Waals surface area contributed by atoms with E-state index in [9.17, 15) is 14.2 Å². The molecule has 348 valence electrons. The molecule has 0 amide bonds. The number of rotatable bonds is 39. The predicted molar refractivity (Wildman–Crippen MR) is 237 cm³/mol. The topological polar surface area (TPSA) is 141 Å². The summed E-state index contributed by atoms with van der Waals surface area (Å²) in [4.78, 5) is 29.2. The number of phosphoric acid groups is 1. The molecule has 2 N–H and O–H groups in total. The number of hydrogen-bond donors (Lipinski definition) is 1. The molecule has 0 saturated carbocycles. The first kappa shape index (κ1) is 53.6. The molecular formula is C46H82F2N3O8P. The molecule has 2 heterocycles. The molecule has 1 aromatic heterocycles. The van der Waals surface area contributed by atoms with Crippen LogP contribution < -0.4 is 11.4 Å². The van der Waals surface area contributed by atoms with Crippen LogP contribution in [0.2, 0.25) is 0 Å². The van der Waals surface area contributed by atoms with Gasteiger partial charge in [-0.25, -0.2) is 9.36 Å². The third-order valence-corrected chi connectivity index (χ3v) is 12.4. The fourth-order valence-electron chi connectivity index (χ4n) is 7.35. The molecule has 14 heteroatoms. The van der Waals surface area contributed by atoms with Crippen molar-refractivity contribution in [3.05, 3.63) is 34.8 Å². The smallest absolute Gasteiger partial charge is 0.460 e. The zero-order valence-electron chi connectivity index (χ0n) is 37.7. The highest BCUT2D eigenvalue weighted by atomic mass is 31.2. The lowest BCUT2D eigenvalue weighted by molar-refractivity contribution is -0.175. The van der Waals surface area contributed by atoms with Gasteiger partial charge in [-0.3, -0.25) is 18.4 Å². The molecule has 1 fully saturated rings. The molecule has 1 aliphatic heterocycles. The molecule has 2 atom stereocenters. The van der Waals surface area contributed by atoms with Crippen LogP contribution in [0.25, 0.3) is 0 Å². The van der Waals surface area contributed by atoms with Crippen LogP contribution in [-0.4, -0.2) is 40.8 Å². The normalized spacial score (nSPS) is 17.0. The highest BCUT2D eigenvalue weighted by Gasteiger charge is 2.62. The Morgan fingerprint density at radius 1 is 0.717 bits per heavy atom. The second-order valence-corrected chi connectivity index (χ2v) is 18.2. The summed E-state index contributed by atoms with van der Waals surface area (Å²) in [6.07, 6.45) is 29.7. The van der Waals surface area contributed by atoms with E-state index in [1.54, 1.807) is 0 Å². The van der Waals surface area contributed by atoms with Gasteiger partial charge in [-0.15, -0.1) is 0 Å². The van der Waals surface area contributed by atoms with E-state index in [-0.39, 0.29) is 25.5 Å². The minimum atomic E-state index is -4.32. The number of hydrogen-bond acceptors (Lipinski definition) is 10. The number of phosphoric ester groups is 1. The van der Waals surface area contributed by atoms with Crippen LogP contribution >= 0.6 is 7.82 Å². The van der Waals surface area contributed by atoms with E-state index in [0.717, 1.165) is 76.7 Å². The Labute approximate surface area is 361 Å². The maximum Gasteiger partial charge on any atom is 0.529 e. The fraction of sp³-hybridized carbons (Fsp3) is 0.848. The van der Waals surface area contributed by atoms with Crippen LogP contribution in [0, 0.1) is 0 Å². The van der Waals surface area contributed by atoms with Crippen molar-refractivity contribution in [2.24, 2.45) is 0 Å². The maximum atomic E-state index is 16.2. The predicted octanol–water partition coefficient (Wildman–Crippen LogP) is 14.1. The Bertz CT molecular complexity index is 1370. The number of nitrogens with two attached hydrogens (primary N) is 1. The molecule has 11 nitrogen and oxygen atoms in total. The van der Waals surface area contributed by atoms with Gasteiger partial charge in [0.05, 0.1) is 13.2 Å². The minimum Gasteiger partial charge on any atom is -0.460 e. The van der Waals surface area contributed by atoms with E-state index < -0.39 is 43.5 Å². The molecule has 0 spiro atoms. The molecule has 1 unspecified atom stereocenters. The van der Waals surface area contributed by atoms with Gasteiger partial charge in [0.25, 0.3) is 0 Å². The molecule has 2 rings (SSSR count). The zero-order chi connectivity index (χ0) is 43.7. The summed E-state index contributed by atoms with van der Waals surface area (Å²) in [6, 6.07) is 1.18. The van der Waals surface area contributed by atoms with Crippen LogP contribution in [-0.2, 0) is 32.4 Å². The SMILES string of the molecule is CCCCCCCCCCCCOP(=O)(O/C=C1/OC(n2ccc(N)nc2=O)C(F)(F)[C@@H]1OC(=O)CCCCCCCCCCCC)OCCCCCCCCCCCC. The Morgan fingerprint density at radius 2 is 1.12 bits per heavy atom. The van der Waals surface area contributed by atoms with Crippen LogP contribution in [0.15, 0.2) is 29.1 Å². The van der Waals surface area contributed by atoms with E-state index in [4.69, 9.17) is 28.8 Å². The van der Waals surface area contributed by atoms with E-state index in [0.29, 0.717) is 23.8 Å². The van der Waals surface area contributed by atoms with Crippen molar-refractivity contribution >= 4 is 19.6 Å². The number of alkyl halides is 2. The summed E-state index contributed by atoms with van der Waals surface area (Å²) in [6.45, 7) is 6.77. The number of unbranched alkanes of at least 4 members (excludes halogenated alkanes) is 27. The van der Waals surface area contributed by atoms with E-state index >= 15 is 8.78 Å². The molecule has 60 heavy (non-hydrogen) atoms. The van der Waals surface area contributed by atoms with Crippen LogP contribution in [0.1, 0.15) is 226 Å². The average molecular weight is 874 g/mol. The van der Waals surface area contributed by atoms with E-state index in [1.165, 1.54) is 115 Å². The van der Waals surface area contributed by atoms with Crippen molar-refractivity contribution in [3.63, 3.8) is 0 Å². The first-order valence-electron chi connectivity index (χ1n) is 23.9. The number of anilines is 1. The summed E-state index contributed by atoms with van der Waals surface area (Å²) in [7, 11) is -4.32. The number of nitrogen functional groups attached to an aromatic ring is 1. The van der Waals surface area contributed by atoms with Crippen LogP contribution in [0.5, 0.6) is 0 Å². The Balaban J connectivity index is 2.08. The van der Waals surface area contributed by atoms with Crippen molar-refractivity contribution in [1.29, 1.82) is 0 Å². The molecule has 1 aliphatic rings. The van der Waals surface area contributed by atoms with Crippen molar-refractivity contribution < 1.29 is 41.2 Å². The molecule has 1 aromatic rings. The highest BCUT2D eigenvalue weighted by molar-refractivity contribution is 7.48. The van der Waals surface area contributed by atoms with Crippen molar-refractivity contribution in [2.45, 2.75) is 238 Å². The molecule has 0 aliphatic carbocycles. The number of halogens is 2. The third kappa shape index (κ3) is 23.1. The zero-order valence-corrected chi connectivity index (χ0v) is 38.6. The minimum absolute atomic E-state index is 0.0757. The fourth-order valence-corrected chi connectivity index (χ4v) is 8.49.